The lowest BCUT2D eigenvalue weighted by Crippen LogP contribution is -2.45. The molecule has 4 rings (SSSR count). The van der Waals surface area contributed by atoms with Crippen molar-refractivity contribution in [3.8, 4) is 11.5 Å². The number of ether oxygens (including phenoxy) is 1. The van der Waals surface area contributed by atoms with E-state index >= 15 is 0 Å². The van der Waals surface area contributed by atoms with Crippen molar-refractivity contribution in [3.63, 3.8) is 0 Å². The molecule has 1 unspecified atom stereocenters. The molecule has 1 saturated heterocycles. The van der Waals surface area contributed by atoms with Gasteiger partial charge in [0.25, 0.3) is 5.89 Å². The second kappa shape index (κ2) is 8.57. The lowest BCUT2D eigenvalue weighted by molar-refractivity contribution is -0.0889. The highest BCUT2D eigenvalue weighted by Crippen LogP contribution is 2.39. The first-order chi connectivity index (χ1) is 14.1. The zero-order chi connectivity index (χ0) is 20.3. The first-order valence-electron chi connectivity index (χ1n) is 9.80. The van der Waals surface area contributed by atoms with E-state index in [1.165, 1.54) is 5.56 Å². The second-order valence-electron chi connectivity index (χ2n) is 7.22. The Morgan fingerprint density at radius 3 is 2.59 bits per heavy atom. The summed E-state index contributed by atoms with van der Waals surface area (Å²) in [7, 11) is 1.71. The number of benzene rings is 1. The largest absolute Gasteiger partial charge is 0.368 e. The fourth-order valence-corrected chi connectivity index (χ4v) is 4.14. The highest BCUT2D eigenvalue weighted by atomic mass is 35.5. The Balaban J connectivity index is 1.50. The standard InChI is InChI=1S/C21H24ClN5O2/c1-3-18(15-4-6-16(22)7-5-15)27-12-8-21(28-2,9-13-27)20-25-19(26-29-20)17-14-23-10-11-24-17/h4-7,10-11,14,18H,3,8-9,12-13H2,1-2H3. The number of likely N-dealkylation sites (tertiary alicyclic amines) is 1. The van der Waals surface area contributed by atoms with Crippen LogP contribution in [0.15, 0.2) is 47.4 Å². The van der Waals surface area contributed by atoms with Crippen LogP contribution in [0.3, 0.4) is 0 Å². The molecule has 0 spiro atoms. The summed E-state index contributed by atoms with van der Waals surface area (Å²) in [5.41, 5.74) is 1.28. The maximum atomic E-state index is 6.05. The van der Waals surface area contributed by atoms with Crippen LogP contribution in [0.5, 0.6) is 0 Å². The topological polar surface area (TPSA) is 77.2 Å². The van der Waals surface area contributed by atoms with Gasteiger partial charge in [-0.1, -0.05) is 35.8 Å². The Kier molecular flexibility index (Phi) is 5.89. The Bertz CT molecular complexity index is 924. The van der Waals surface area contributed by atoms with E-state index in [1.807, 2.05) is 12.1 Å². The Morgan fingerprint density at radius 1 is 1.21 bits per heavy atom. The molecule has 1 fully saturated rings. The first kappa shape index (κ1) is 19.9. The van der Waals surface area contributed by atoms with Crippen LogP contribution in [0.4, 0.5) is 0 Å². The van der Waals surface area contributed by atoms with Gasteiger partial charge in [0, 0.05) is 43.7 Å². The molecule has 2 aromatic heterocycles. The third kappa shape index (κ3) is 4.03. The zero-order valence-corrected chi connectivity index (χ0v) is 17.3. The highest BCUT2D eigenvalue weighted by Gasteiger charge is 2.42. The van der Waals surface area contributed by atoms with E-state index in [9.17, 15) is 0 Å². The molecule has 3 aromatic rings. The van der Waals surface area contributed by atoms with Crippen molar-refractivity contribution in [1.82, 2.24) is 25.0 Å². The van der Waals surface area contributed by atoms with Crippen LogP contribution < -0.4 is 0 Å². The molecule has 1 aliphatic heterocycles. The monoisotopic (exact) mass is 413 g/mol. The van der Waals surface area contributed by atoms with Gasteiger partial charge in [0.15, 0.2) is 0 Å². The number of hydrogen-bond donors (Lipinski definition) is 0. The minimum atomic E-state index is -0.581. The molecule has 0 radical (unpaired) electrons. The summed E-state index contributed by atoms with van der Waals surface area (Å²) in [4.78, 5) is 15.4. The lowest BCUT2D eigenvalue weighted by Gasteiger charge is -2.41. The van der Waals surface area contributed by atoms with Crippen molar-refractivity contribution < 1.29 is 9.26 Å². The molecule has 152 valence electrons. The van der Waals surface area contributed by atoms with E-state index in [4.69, 9.17) is 20.9 Å². The van der Waals surface area contributed by atoms with Gasteiger partial charge in [-0.2, -0.15) is 4.98 Å². The van der Waals surface area contributed by atoms with Crippen LogP contribution in [0.2, 0.25) is 5.02 Å². The highest BCUT2D eigenvalue weighted by molar-refractivity contribution is 6.30. The van der Waals surface area contributed by atoms with Crippen LogP contribution in [0.1, 0.15) is 43.7 Å². The smallest absolute Gasteiger partial charge is 0.259 e. The number of nitrogens with zero attached hydrogens (tertiary/aromatic N) is 5. The van der Waals surface area contributed by atoms with Crippen LogP contribution >= 0.6 is 11.6 Å². The molecule has 0 N–H and O–H groups in total. The number of rotatable bonds is 6. The SMILES string of the molecule is CCC(c1ccc(Cl)cc1)N1CCC(OC)(c2nc(-c3cnccn3)no2)CC1. The molecular formula is C21H24ClN5O2. The van der Waals surface area contributed by atoms with Gasteiger partial charge >= 0.3 is 0 Å². The molecule has 7 nitrogen and oxygen atoms in total. The van der Waals surface area contributed by atoms with Gasteiger partial charge in [0.2, 0.25) is 5.82 Å². The summed E-state index contributed by atoms with van der Waals surface area (Å²) >= 11 is 6.05. The minimum Gasteiger partial charge on any atom is -0.368 e. The van der Waals surface area contributed by atoms with Crippen LogP contribution in [-0.2, 0) is 10.3 Å². The van der Waals surface area contributed by atoms with Crippen molar-refractivity contribution in [2.75, 3.05) is 20.2 Å². The number of piperidine rings is 1. The second-order valence-corrected chi connectivity index (χ2v) is 7.66. The molecule has 8 heteroatoms. The van der Waals surface area contributed by atoms with Crippen molar-refractivity contribution >= 4 is 11.6 Å². The summed E-state index contributed by atoms with van der Waals surface area (Å²) in [5, 5.41) is 4.85. The van der Waals surface area contributed by atoms with Gasteiger partial charge in [-0.3, -0.25) is 9.88 Å². The third-order valence-corrected chi connectivity index (χ3v) is 5.94. The normalized spacial score (nSPS) is 17.9. The van der Waals surface area contributed by atoms with Gasteiger partial charge in [0.1, 0.15) is 11.3 Å². The van der Waals surface area contributed by atoms with E-state index in [2.05, 4.69) is 44.1 Å². The molecular weight excluding hydrogens is 390 g/mol. The van der Waals surface area contributed by atoms with Gasteiger partial charge in [-0.25, -0.2) is 4.98 Å². The zero-order valence-electron chi connectivity index (χ0n) is 16.6. The minimum absolute atomic E-state index is 0.347. The molecule has 0 bridgehead atoms. The van der Waals surface area contributed by atoms with Gasteiger partial charge < -0.3 is 9.26 Å². The quantitative estimate of drug-likeness (QED) is 0.597. The lowest BCUT2D eigenvalue weighted by atomic mass is 9.89. The van der Waals surface area contributed by atoms with Crippen molar-refractivity contribution in [3.05, 3.63) is 59.3 Å². The Labute approximate surface area is 175 Å². The number of methoxy groups -OCH3 is 1. The average molecular weight is 414 g/mol. The van der Waals surface area contributed by atoms with E-state index in [-0.39, 0.29) is 0 Å². The summed E-state index contributed by atoms with van der Waals surface area (Å²) in [6, 6.07) is 8.48. The number of aromatic nitrogens is 4. The molecule has 29 heavy (non-hydrogen) atoms. The maximum Gasteiger partial charge on any atom is 0.259 e. The van der Waals surface area contributed by atoms with Crippen LogP contribution in [-0.4, -0.2) is 45.2 Å². The maximum absolute atomic E-state index is 6.05. The van der Waals surface area contributed by atoms with E-state index in [0.717, 1.165) is 37.4 Å². The molecule has 3 heterocycles. The molecule has 1 atom stereocenters. The van der Waals surface area contributed by atoms with E-state index < -0.39 is 5.60 Å². The fourth-order valence-electron chi connectivity index (χ4n) is 4.02. The third-order valence-electron chi connectivity index (χ3n) is 5.69. The van der Waals surface area contributed by atoms with Gasteiger partial charge in [-0.05, 0) is 37.0 Å². The summed E-state index contributed by atoms with van der Waals surface area (Å²) in [5.74, 6) is 0.930. The van der Waals surface area contributed by atoms with Crippen LogP contribution in [0, 0.1) is 0 Å². The van der Waals surface area contributed by atoms with Crippen LogP contribution in [0.25, 0.3) is 11.5 Å². The molecule has 1 aliphatic rings. The molecule has 0 aliphatic carbocycles. The van der Waals surface area contributed by atoms with E-state index in [0.29, 0.717) is 23.5 Å². The van der Waals surface area contributed by atoms with E-state index in [1.54, 1.807) is 25.7 Å². The van der Waals surface area contributed by atoms with Gasteiger partial charge in [-0.15, -0.1) is 0 Å². The molecule has 0 amide bonds. The summed E-state index contributed by atoms with van der Waals surface area (Å²) in [6.45, 7) is 3.96. The molecule has 1 aromatic carbocycles. The number of halogens is 1. The number of hydrogen-bond acceptors (Lipinski definition) is 7. The first-order valence-corrected chi connectivity index (χ1v) is 10.2. The van der Waals surface area contributed by atoms with Crippen molar-refractivity contribution in [2.24, 2.45) is 0 Å². The van der Waals surface area contributed by atoms with Crippen molar-refractivity contribution in [1.29, 1.82) is 0 Å². The molecule has 0 saturated carbocycles. The van der Waals surface area contributed by atoms with Gasteiger partial charge in [0.05, 0.1) is 6.20 Å². The fraction of sp³-hybridized carbons (Fsp3) is 0.429. The summed E-state index contributed by atoms with van der Waals surface area (Å²) in [6.07, 6.45) is 7.42. The Hall–Kier alpha value is -2.35. The van der Waals surface area contributed by atoms with Crippen molar-refractivity contribution in [2.45, 2.75) is 37.8 Å². The summed E-state index contributed by atoms with van der Waals surface area (Å²) < 4.78 is 11.5. The average Bonchev–Trinajstić information content (AvgIpc) is 3.28. The predicted molar refractivity (Wildman–Crippen MR) is 109 cm³/mol. The Morgan fingerprint density at radius 2 is 1.97 bits per heavy atom. The predicted octanol–water partition coefficient (Wildman–Crippen LogP) is 4.27.